The standard InChI is InChI=1S/C24H17BrO5/c1-2-28-20-6-4-3-5-16(20)13-22-23(26)19-12-11-18(14-21(19)30-22)29-24(27)15-7-9-17(25)10-8-15/h3-14H,2H2,1H3/b22-13-. The first-order valence-electron chi connectivity index (χ1n) is 9.33. The zero-order valence-electron chi connectivity index (χ0n) is 16.1. The van der Waals surface area contributed by atoms with Crippen molar-refractivity contribution in [2.24, 2.45) is 0 Å². The minimum Gasteiger partial charge on any atom is -0.493 e. The first-order chi connectivity index (χ1) is 14.5. The van der Waals surface area contributed by atoms with Crippen LogP contribution in [0.2, 0.25) is 0 Å². The molecular formula is C24H17BrO5. The molecule has 6 heteroatoms. The van der Waals surface area contributed by atoms with Gasteiger partial charge >= 0.3 is 5.97 Å². The Labute approximate surface area is 182 Å². The average Bonchev–Trinajstić information content (AvgIpc) is 3.05. The monoisotopic (exact) mass is 464 g/mol. The van der Waals surface area contributed by atoms with Crippen molar-refractivity contribution in [1.82, 2.24) is 0 Å². The number of halogens is 1. The summed E-state index contributed by atoms with van der Waals surface area (Å²) in [7, 11) is 0. The fourth-order valence-corrected chi connectivity index (χ4v) is 3.27. The van der Waals surface area contributed by atoms with E-state index in [0.29, 0.717) is 35.0 Å². The highest BCUT2D eigenvalue weighted by Gasteiger charge is 2.28. The van der Waals surface area contributed by atoms with Crippen molar-refractivity contribution >= 4 is 33.8 Å². The predicted molar refractivity (Wildman–Crippen MR) is 116 cm³/mol. The van der Waals surface area contributed by atoms with E-state index in [1.54, 1.807) is 48.5 Å². The van der Waals surface area contributed by atoms with Crippen molar-refractivity contribution in [2.45, 2.75) is 6.92 Å². The van der Waals surface area contributed by atoms with Gasteiger partial charge in [-0.05, 0) is 55.5 Å². The maximum absolute atomic E-state index is 12.7. The number of ether oxygens (including phenoxy) is 3. The lowest BCUT2D eigenvalue weighted by molar-refractivity contribution is 0.0734. The molecule has 0 atom stereocenters. The van der Waals surface area contributed by atoms with E-state index in [4.69, 9.17) is 14.2 Å². The third kappa shape index (κ3) is 4.14. The van der Waals surface area contributed by atoms with E-state index in [1.807, 2.05) is 31.2 Å². The van der Waals surface area contributed by atoms with Crippen LogP contribution in [0.25, 0.3) is 6.08 Å². The van der Waals surface area contributed by atoms with Gasteiger partial charge in [0.05, 0.1) is 17.7 Å². The summed E-state index contributed by atoms with van der Waals surface area (Å²) in [6.07, 6.45) is 1.65. The number of hydrogen-bond acceptors (Lipinski definition) is 5. The van der Waals surface area contributed by atoms with E-state index in [9.17, 15) is 9.59 Å². The van der Waals surface area contributed by atoms with Gasteiger partial charge in [-0.3, -0.25) is 4.79 Å². The molecule has 3 aromatic rings. The van der Waals surface area contributed by atoms with Gasteiger partial charge in [0, 0.05) is 16.1 Å². The van der Waals surface area contributed by atoms with E-state index in [1.165, 1.54) is 0 Å². The first-order valence-corrected chi connectivity index (χ1v) is 10.1. The van der Waals surface area contributed by atoms with Gasteiger partial charge in [0.25, 0.3) is 0 Å². The van der Waals surface area contributed by atoms with Crippen LogP contribution in [0.15, 0.2) is 77.0 Å². The molecule has 0 radical (unpaired) electrons. The summed E-state index contributed by atoms with van der Waals surface area (Å²) in [6.45, 7) is 2.41. The third-order valence-corrected chi connectivity index (χ3v) is 4.97. The number of fused-ring (bicyclic) bond motifs is 1. The largest absolute Gasteiger partial charge is 0.493 e. The Morgan fingerprint density at radius 1 is 1.07 bits per heavy atom. The summed E-state index contributed by atoms with van der Waals surface area (Å²) < 4.78 is 17.6. The molecule has 0 aromatic heterocycles. The number of para-hydroxylation sites is 1. The lowest BCUT2D eigenvalue weighted by Gasteiger charge is -2.07. The second-order valence-corrected chi connectivity index (χ2v) is 7.38. The topological polar surface area (TPSA) is 61.8 Å². The molecule has 4 rings (SSSR count). The fraction of sp³-hybridized carbons (Fsp3) is 0.0833. The van der Waals surface area contributed by atoms with Crippen LogP contribution in [0.4, 0.5) is 0 Å². The van der Waals surface area contributed by atoms with Crippen LogP contribution < -0.4 is 14.2 Å². The van der Waals surface area contributed by atoms with E-state index < -0.39 is 5.97 Å². The highest BCUT2D eigenvalue weighted by molar-refractivity contribution is 9.10. The summed E-state index contributed by atoms with van der Waals surface area (Å²) in [5.74, 6) is 0.777. The van der Waals surface area contributed by atoms with Crippen molar-refractivity contribution in [2.75, 3.05) is 6.61 Å². The molecular weight excluding hydrogens is 448 g/mol. The molecule has 0 amide bonds. The second kappa shape index (κ2) is 8.55. The van der Waals surface area contributed by atoms with Gasteiger partial charge in [0.1, 0.15) is 17.2 Å². The Bertz CT molecular complexity index is 1150. The Kier molecular flexibility index (Phi) is 5.68. The summed E-state index contributed by atoms with van der Waals surface area (Å²) >= 11 is 3.33. The van der Waals surface area contributed by atoms with Crippen molar-refractivity contribution in [3.05, 3.63) is 93.7 Å². The Morgan fingerprint density at radius 2 is 1.83 bits per heavy atom. The molecule has 1 aliphatic rings. The number of carbonyl (C=O) groups excluding carboxylic acids is 2. The summed E-state index contributed by atoms with van der Waals surface area (Å²) in [6, 6.07) is 19.0. The Morgan fingerprint density at radius 3 is 2.60 bits per heavy atom. The fourth-order valence-electron chi connectivity index (χ4n) is 3.01. The molecule has 0 aliphatic carbocycles. The molecule has 5 nitrogen and oxygen atoms in total. The number of Topliss-reactive ketones (excluding diaryl/α,β-unsaturated/α-hetero) is 1. The molecule has 0 fully saturated rings. The molecule has 3 aromatic carbocycles. The number of esters is 1. The molecule has 30 heavy (non-hydrogen) atoms. The van der Waals surface area contributed by atoms with Gasteiger partial charge in [0.2, 0.25) is 5.78 Å². The SMILES string of the molecule is CCOc1ccccc1/C=C1\Oc2cc(OC(=O)c3ccc(Br)cc3)ccc2C1=O. The normalized spacial score (nSPS) is 13.7. The number of carbonyl (C=O) groups is 2. The van der Waals surface area contributed by atoms with E-state index in [2.05, 4.69) is 15.9 Å². The van der Waals surface area contributed by atoms with Gasteiger partial charge in [0.15, 0.2) is 5.76 Å². The lowest BCUT2D eigenvalue weighted by atomic mass is 10.1. The molecule has 0 spiro atoms. The highest BCUT2D eigenvalue weighted by Crippen LogP contribution is 2.36. The third-order valence-electron chi connectivity index (χ3n) is 4.44. The molecule has 1 heterocycles. The smallest absolute Gasteiger partial charge is 0.343 e. The molecule has 0 bridgehead atoms. The molecule has 0 N–H and O–H groups in total. The number of hydrogen-bond donors (Lipinski definition) is 0. The van der Waals surface area contributed by atoms with Crippen LogP contribution in [0.1, 0.15) is 33.2 Å². The number of ketones is 1. The first kappa shape index (κ1) is 19.9. The summed E-state index contributed by atoms with van der Waals surface area (Å²) in [5.41, 5.74) is 1.58. The minimum absolute atomic E-state index is 0.188. The van der Waals surface area contributed by atoms with Crippen LogP contribution >= 0.6 is 15.9 Å². The highest BCUT2D eigenvalue weighted by atomic mass is 79.9. The zero-order chi connectivity index (χ0) is 21.1. The van der Waals surface area contributed by atoms with Crippen molar-refractivity contribution in [3.8, 4) is 17.2 Å². The molecule has 0 saturated heterocycles. The second-order valence-electron chi connectivity index (χ2n) is 6.46. The summed E-state index contributed by atoms with van der Waals surface area (Å²) in [4.78, 5) is 25.0. The van der Waals surface area contributed by atoms with Gasteiger partial charge in [-0.15, -0.1) is 0 Å². The van der Waals surface area contributed by atoms with Crippen LogP contribution in [0, 0.1) is 0 Å². The molecule has 1 aliphatic heterocycles. The molecule has 0 unspecified atom stereocenters. The van der Waals surface area contributed by atoms with Gasteiger partial charge in [-0.25, -0.2) is 4.79 Å². The molecule has 0 saturated carbocycles. The number of benzene rings is 3. The maximum Gasteiger partial charge on any atom is 0.343 e. The quantitative estimate of drug-likeness (QED) is 0.276. The van der Waals surface area contributed by atoms with Gasteiger partial charge in [-0.2, -0.15) is 0 Å². The average molecular weight is 465 g/mol. The van der Waals surface area contributed by atoms with Crippen molar-refractivity contribution in [3.63, 3.8) is 0 Å². The van der Waals surface area contributed by atoms with Crippen molar-refractivity contribution < 1.29 is 23.8 Å². The lowest BCUT2D eigenvalue weighted by Crippen LogP contribution is -2.08. The van der Waals surface area contributed by atoms with Gasteiger partial charge in [-0.1, -0.05) is 34.1 Å². The molecule has 150 valence electrons. The number of allylic oxidation sites excluding steroid dienone is 1. The maximum atomic E-state index is 12.7. The van der Waals surface area contributed by atoms with Crippen molar-refractivity contribution in [1.29, 1.82) is 0 Å². The predicted octanol–water partition coefficient (Wildman–Crippen LogP) is 5.68. The zero-order valence-corrected chi connectivity index (χ0v) is 17.6. The van der Waals surface area contributed by atoms with Crippen LogP contribution in [0.3, 0.4) is 0 Å². The van der Waals surface area contributed by atoms with E-state index >= 15 is 0 Å². The number of rotatable bonds is 5. The minimum atomic E-state index is -0.492. The summed E-state index contributed by atoms with van der Waals surface area (Å²) in [5, 5.41) is 0. The van der Waals surface area contributed by atoms with Crippen LogP contribution in [0.5, 0.6) is 17.2 Å². The Hall–Kier alpha value is -3.38. The van der Waals surface area contributed by atoms with E-state index in [-0.39, 0.29) is 11.5 Å². The Balaban J connectivity index is 1.55. The van der Waals surface area contributed by atoms with Gasteiger partial charge < -0.3 is 14.2 Å². The van der Waals surface area contributed by atoms with Crippen LogP contribution in [-0.4, -0.2) is 18.4 Å². The van der Waals surface area contributed by atoms with Crippen LogP contribution in [-0.2, 0) is 0 Å². The van der Waals surface area contributed by atoms with E-state index in [0.717, 1.165) is 10.0 Å².